The Kier molecular flexibility index (Phi) is 6.65. The summed E-state index contributed by atoms with van der Waals surface area (Å²) in [5, 5.41) is 20.3. The maximum Gasteiger partial charge on any atom is 0.284 e. The molecule has 10 nitrogen and oxygen atoms in total. The van der Waals surface area contributed by atoms with Crippen LogP contribution in [0.3, 0.4) is 0 Å². The predicted molar refractivity (Wildman–Crippen MR) is 124 cm³/mol. The molecule has 1 saturated carbocycles. The van der Waals surface area contributed by atoms with Gasteiger partial charge in [0.15, 0.2) is 11.3 Å². The number of morpholine rings is 1. The summed E-state index contributed by atoms with van der Waals surface area (Å²) in [5.41, 5.74) is 0.0395. The second kappa shape index (κ2) is 9.86. The summed E-state index contributed by atoms with van der Waals surface area (Å²) in [7, 11) is 0. The summed E-state index contributed by atoms with van der Waals surface area (Å²) in [6.45, 7) is 4.02. The standard InChI is InChI=1S/C23H29F2N7O3/c1-14-13-35-9-8-30(14)19-6-7-31-22(28-19)17(10-26-31)23(34)27-18-11-32(29-20(18)21(24)25)16-4-2-15(12-33)3-5-16/h6-7,10-11,14-16,21,33H,2-5,8-9,12-13H2,1H3,(H,27,34)/t14-,15?,16?/m1/s1. The Morgan fingerprint density at radius 2 is 2.11 bits per heavy atom. The molecule has 0 spiro atoms. The maximum absolute atomic E-state index is 13.8. The summed E-state index contributed by atoms with van der Waals surface area (Å²) in [6, 6.07) is 1.91. The highest BCUT2D eigenvalue weighted by Crippen LogP contribution is 2.34. The van der Waals surface area contributed by atoms with E-state index in [2.05, 4.69) is 25.4 Å². The first kappa shape index (κ1) is 23.6. The molecule has 0 bridgehead atoms. The van der Waals surface area contributed by atoms with Gasteiger partial charge < -0.3 is 20.1 Å². The predicted octanol–water partition coefficient (Wildman–Crippen LogP) is 3.06. The third-order valence-electron chi connectivity index (χ3n) is 6.92. The number of hydrogen-bond acceptors (Lipinski definition) is 7. The van der Waals surface area contributed by atoms with E-state index in [4.69, 9.17) is 4.74 Å². The van der Waals surface area contributed by atoms with Gasteiger partial charge in [-0.05, 0) is 44.6 Å². The third kappa shape index (κ3) is 4.72. The molecule has 2 N–H and O–H groups in total. The lowest BCUT2D eigenvalue weighted by atomic mass is 9.87. The molecule has 1 aliphatic carbocycles. The third-order valence-corrected chi connectivity index (χ3v) is 6.92. The first-order valence-electron chi connectivity index (χ1n) is 11.9. The lowest BCUT2D eigenvalue weighted by Gasteiger charge is -2.34. The Balaban J connectivity index is 1.39. The van der Waals surface area contributed by atoms with Crippen LogP contribution in [-0.2, 0) is 4.74 Å². The molecule has 188 valence electrons. The number of aliphatic hydroxyl groups excluding tert-OH is 1. The van der Waals surface area contributed by atoms with E-state index in [1.807, 2.05) is 13.0 Å². The van der Waals surface area contributed by atoms with Gasteiger partial charge in [-0.25, -0.2) is 18.3 Å². The number of carbonyl (C=O) groups is 1. The van der Waals surface area contributed by atoms with Crippen molar-refractivity contribution in [2.75, 3.05) is 36.6 Å². The number of alkyl halides is 2. The minimum absolute atomic E-state index is 0.0217. The molecule has 3 aromatic heterocycles. The van der Waals surface area contributed by atoms with Crippen LogP contribution in [0.1, 0.15) is 61.1 Å². The first-order chi connectivity index (χ1) is 16.9. The topological polar surface area (TPSA) is 110 Å². The van der Waals surface area contributed by atoms with E-state index in [1.165, 1.54) is 21.6 Å². The molecule has 2 aliphatic rings. The smallest absolute Gasteiger partial charge is 0.284 e. The highest BCUT2D eigenvalue weighted by atomic mass is 19.3. The molecule has 0 unspecified atom stereocenters. The van der Waals surface area contributed by atoms with Crippen molar-refractivity contribution < 1.29 is 23.4 Å². The Morgan fingerprint density at radius 1 is 1.31 bits per heavy atom. The highest BCUT2D eigenvalue weighted by Gasteiger charge is 2.28. The summed E-state index contributed by atoms with van der Waals surface area (Å²) >= 11 is 0. The van der Waals surface area contributed by atoms with Crippen LogP contribution in [0.15, 0.2) is 24.7 Å². The molecule has 0 radical (unpaired) electrons. The number of rotatable bonds is 6. The summed E-state index contributed by atoms with van der Waals surface area (Å²) in [4.78, 5) is 19.9. The van der Waals surface area contributed by atoms with Gasteiger partial charge in [-0.15, -0.1) is 0 Å². The molecule has 2 fully saturated rings. The van der Waals surface area contributed by atoms with Crippen LogP contribution in [0, 0.1) is 5.92 Å². The fourth-order valence-electron chi connectivity index (χ4n) is 4.88. The minimum Gasteiger partial charge on any atom is -0.396 e. The Labute approximate surface area is 200 Å². The molecule has 4 heterocycles. The molecule has 35 heavy (non-hydrogen) atoms. The monoisotopic (exact) mass is 489 g/mol. The quantitative estimate of drug-likeness (QED) is 0.548. The maximum atomic E-state index is 13.8. The molecule has 12 heteroatoms. The molecular weight excluding hydrogens is 460 g/mol. The van der Waals surface area contributed by atoms with Crippen LogP contribution >= 0.6 is 0 Å². The molecule has 0 aromatic carbocycles. The van der Waals surface area contributed by atoms with Gasteiger partial charge in [0.25, 0.3) is 12.3 Å². The van der Waals surface area contributed by atoms with Crippen molar-refractivity contribution in [3.63, 3.8) is 0 Å². The molecule has 5 rings (SSSR count). The number of ether oxygens (including phenoxy) is 1. The molecule has 1 aliphatic heterocycles. The number of halogens is 2. The average molecular weight is 490 g/mol. The number of aromatic nitrogens is 5. The highest BCUT2D eigenvalue weighted by molar-refractivity contribution is 6.08. The van der Waals surface area contributed by atoms with E-state index in [9.17, 15) is 18.7 Å². The van der Waals surface area contributed by atoms with E-state index in [0.29, 0.717) is 31.2 Å². The van der Waals surface area contributed by atoms with Crippen LogP contribution in [0.4, 0.5) is 20.3 Å². The van der Waals surface area contributed by atoms with Crippen LogP contribution in [0.2, 0.25) is 0 Å². The number of nitrogens with one attached hydrogen (secondary N) is 1. The summed E-state index contributed by atoms with van der Waals surface area (Å²) < 4.78 is 36.0. The number of aliphatic hydroxyl groups is 1. The Bertz CT molecular complexity index is 1190. The van der Waals surface area contributed by atoms with Crippen molar-refractivity contribution in [2.24, 2.45) is 5.92 Å². The number of hydrogen-bond donors (Lipinski definition) is 2. The van der Waals surface area contributed by atoms with Gasteiger partial charge in [-0.2, -0.15) is 10.2 Å². The van der Waals surface area contributed by atoms with E-state index in [-0.39, 0.29) is 35.9 Å². The van der Waals surface area contributed by atoms with Crippen molar-refractivity contribution in [3.05, 3.63) is 35.9 Å². The van der Waals surface area contributed by atoms with Crippen molar-refractivity contribution in [1.29, 1.82) is 0 Å². The van der Waals surface area contributed by atoms with Crippen molar-refractivity contribution in [2.45, 2.75) is 51.1 Å². The van der Waals surface area contributed by atoms with Gasteiger partial charge in [0.2, 0.25) is 0 Å². The Morgan fingerprint density at radius 3 is 2.83 bits per heavy atom. The zero-order valence-corrected chi connectivity index (χ0v) is 19.5. The van der Waals surface area contributed by atoms with E-state index in [1.54, 1.807) is 6.20 Å². The summed E-state index contributed by atoms with van der Waals surface area (Å²) in [5.74, 6) is 0.358. The molecular formula is C23H29F2N7O3. The van der Waals surface area contributed by atoms with Crippen LogP contribution in [0.5, 0.6) is 0 Å². The zero-order chi connectivity index (χ0) is 24.5. The SMILES string of the molecule is C[C@@H]1COCCN1c1ccn2ncc(C(=O)Nc3cn(C4CCC(CO)CC4)nc3C(F)F)c2n1. The number of anilines is 2. The second-order valence-corrected chi connectivity index (χ2v) is 9.25. The van der Waals surface area contributed by atoms with Crippen molar-refractivity contribution >= 4 is 23.1 Å². The van der Waals surface area contributed by atoms with Crippen molar-refractivity contribution in [1.82, 2.24) is 24.4 Å². The van der Waals surface area contributed by atoms with Gasteiger partial charge in [0.05, 0.1) is 37.2 Å². The minimum atomic E-state index is -2.84. The van der Waals surface area contributed by atoms with Crippen LogP contribution in [0.25, 0.3) is 5.65 Å². The molecule has 1 atom stereocenters. The van der Waals surface area contributed by atoms with Gasteiger partial charge >= 0.3 is 0 Å². The number of carbonyl (C=O) groups excluding carboxylic acids is 1. The second-order valence-electron chi connectivity index (χ2n) is 9.25. The van der Waals surface area contributed by atoms with Crippen LogP contribution in [-0.4, -0.2) is 67.8 Å². The lowest BCUT2D eigenvalue weighted by Crippen LogP contribution is -2.44. The molecule has 1 saturated heterocycles. The van der Waals surface area contributed by atoms with E-state index >= 15 is 0 Å². The normalized spacial score (nSPS) is 23.2. The molecule has 1 amide bonds. The Hall–Kier alpha value is -3.12. The van der Waals surface area contributed by atoms with Gasteiger partial charge in [0, 0.05) is 25.5 Å². The number of fused-ring (bicyclic) bond motifs is 1. The fourth-order valence-corrected chi connectivity index (χ4v) is 4.88. The average Bonchev–Trinajstić information content (AvgIpc) is 3.48. The van der Waals surface area contributed by atoms with E-state index in [0.717, 1.165) is 25.7 Å². The first-order valence-corrected chi connectivity index (χ1v) is 11.9. The lowest BCUT2D eigenvalue weighted by molar-refractivity contribution is 0.0985. The summed E-state index contributed by atoms with van der Waals surface area (Å²) in [6.07, 6.45) is 4.85. The van der Waals surface area contributed by atoms with Gasteiger partial charge in [-0.3, -0.25) is 9.48 Å². The number of amides is 1. The largest absolute Gasteiger partial charge is 0.396 e. The number of nitrogens with zero attached hydrogens (tertiary/aromatic N) is 6. The fraction of sp³-hybridized carbons (Fsp3) is 0.565. The van der Waals surface area contributed by atoms with E-state index < -0.39 is 18.0 Å². The van der Waals surface area contributed by atoms with Gasteiger partial charge in [-0.1, -0.05) is 0 Å². The zero-order valence-electron chi connectivity index (χ0n) is 19.5. The van der Waals surface area contributed by atoms with Crippen LogP contribution < -0.4 is 10.2 Å². The molecule has 3 aromatic rings. The van der Waals surface area contributed by atoms with Crippen molar-refractivity contribution in [3.8, 4) is 0 Å². The van der Waals surface area contributed by atoms with Gasteiger partial charge in [0.1, 0.15) is 11.4 Å².